The van der Waals surface area contributed by atoms with Gasteiger partial charge in [-0.2, -0.15) is 0 Å². The molecule has 0 amide bonds. The van der Waals surface area contributed by atoms with Crippen LogP contribution in [0.2, 0.25) is 0 Å². The fourth-order valence-corrected chi connectivity index (χ4v) is 1.65. The van der Waals surface area contributed by atoms with Gasteiger partial charge < -0.3 is 9.31 Å². The molecule has 67 valence electrons. The summed E-state index contributed by atoms with van der Waals surface area (Å²) in [5, 5.41) is 0. The maximum absolute atomic E-state index is 5.30. The van der Waals surface area contributed by atoms with Crippen LogP contribution in [0.15, 0.2) is 0 Å². The Hall–Kier alpha value is -1.12. The van der Waals surface area contributed by atoms with Gasteiger partial charge in [0.1, 0.15) is 11.5 Å². The van der Waals surface area contributed by atoms with Gasteiger partial charge in [-0.05, 0) is 49.9 Å². The fraction of sp³-hybridized carbons (Fsp3) is 0.400. The van der Waals surface area contributed by atoms with Crippen LogP contribution in [-0.4, -0.2) is 7.69 Å². The topological polar surface area (TPSA) is 18.5 Å². The smallest absolute Gasteiger partial charge is 0.523 e. The van der Waals surface area contributed by atoms with Gasteiger partial charge in [0.2, 0.25) is 0 Å². The van der Waals surface area contributed by atoms with Gasteiger partial charge in [0.25, 0.3) is 0 Å². The van der Waals surface area contributed by atoms with Gasteiger partial charge in [0.05, 0.1) is 0 Å². The molecule has 2 rings (SSSR count). The van der Waals surface area contributed by atoms with Gasteiger partial charge >= 0.3 is 7.69 Å². The minimum Gasteiger partial charge on any atom is -0.523 e. The van der Waals surface area contributed by atoms with E-state index in [1.807, 2.05) is 0 Å². The van der Waals surface area contributed by atoms with Crippen LogP contribution in [0.4, 0.5) is 0 Å². The van der Waals surface area contributed by atoms with Crippen molar-refractivity contribution in [3.8, 4) is 11.5 Å². The summed E-state index contributed by atoms with van der Waals surface area (Å²) in [6, 6.07) is 0. The van der Waals surface area contributed by atoms with E-state index < -0.39 is 0 Å². The normalized spacial score (nSPS) is 12.9. The Kier molecular flexibility index (Phi) is 1.75. The SMILES string of the molecule is Cc1c(C)c(C)c2c(c1C)O[B]O2. The van der Waals surface area contributed by atoms with Crippen LogP contribution in [0, 0.1) is 27.7 Å². The summed E-state index contributed by atoms with van der Waals surface area (Å²) in [5.74, 6) is 1.75. The highest BCUT2D eigenvalue weighted by atomic mass is 16.6. The zero-order valence-corrected chi connectivity index (χ0v) is 8.39. The van der Waals surface area contributed by atoms with Gasteiger partial charge in [-0.3, -0.25) is 0 Å². The van der Waals surface area contributed by atoms with Crippen molar-refractivity contribution in [3.63, 3.8) is 0 Å². The lowest BCUT2D eigenvalue weighted by Gasteiger charge is -2.13. The van der Waals surface area contributed by atoms with Gasteiger partial charge in [-0.25, -0.2) is 0 Å². The molecule has 0 saturated carbocycles. The molecule has 0 spiro atoms. The van der Waals surface area contributed by atoms with Crippen LogP contribution in [0.5, 0.6) is 11.5 Å². The second-order valence-electron chi connectivity index (χ2n) is 3.49. The van der Waals surface area contributed by atoms with Crippen LogP contribution in [0.25, 0.3) is 0 Å². The molecule has 0 aliphatic carbocycles. The van der Waals surface area contributed by atoms with Gasteiger partial charge in [0, 0.05) is 0 Å². The maximum atomic E-state index is 5.30. The third-order valence-corrected chi connectivity index (χ3v) is 2.91. The van der Waals surface area contributed by atoms with Crippen molar-refractivity contribution in [3.05, 3.63) is 22.3 Å². The van der Waals surface area contributed by atoms with E-state index in [1.54, 1.807) is 0 Å². The predicted molar refractivity (Wildman–Crippen MR) is 52.4 cm³/mol. The summed E-state index contributed by atoms with van der Waals surface area (Å²) in [7, 11) is 1.39. The van der Waals surface area contributed by atoms with Crippen molar-refractivity contribution < 1.29 is 9.31 Å². The quantitative estimate of drug-likeness (QED) is 0.562. The van der Waals surface area contributed by atoms with Gasteiger partial charge in [-0.15, -0.1) is 0 Å². The summed E-state index contributed by atoms with van der Waals surface area (Å²) < 4.78 is 10.6. The summed E-state index contributed by atoms with van der Waals surface area (Å²) in [5.41, 5.74) is 4.92. The number of fused-ring (bicyclic) bond motifs is 1. The van der Waals surface area contributed by atoms with Gasteiger partial charge in [0.15, 0.2) is 0 Å². The third-order valence-electron chi connectivity index (χ3n) is 2.91. The lowest BCUT2D eigenvalue weighted by atomic mass is 9.98. The Morgan fingerprint density at radius 2 is 1.08 bits per heavy atom. The lowest BCUT2D eigenvalue weighted by Crippen LogP contribution is -2.00. The van der Waals surface area contributed by atoms with E-state index in [1.165, 1.54) is 29.9 Å². The Morgan fingerprint density at radius 1 is 0.692 bits per heavy atom. The van der Waals surface area contributed by atoms with Crippen LogP contribution in [0.3, 0.4) is 0 Å². The maximum Gasteiger partial charge on any atom is 0.658 e. The fourth-order valence-electron chi connectivity index (χ4n) is 1.65. The molecule has 0 unspecified atom stereocenters. The highest BCUT2D eigenvalue weighted by Gasteiger charge is 2.24. The minimum atomic E-state index is 0.876. The van der Waals surface area contributed by atoms with Gasteiger partial charge in [-0.1, -0.05) is 0 Å². The first-order valence-corrected chi connectivity index (χ1v) is 4.38. The molecule has 0 saturated heterocycles. The molecule has 1 aromatic rings. The highest BCUT2D eigenvalue weighted by Crippen LogP contribution is 2.41. The monoisotopic (exact) mass is 175 g/mol. The highest BCUT2D eigenvalue weighted by molar-refractivity contribution is 6.23. The average molecular weight is 175 g/mol. The van der Waals surface area contributed by atoms with Crippen molar-refractivity contribution in [1.82, 2.24) is 0 Å². The van der Waals surface area contributed by atoms with E-state index in [9.17, 15) is 0 Å². The average Bonchev–Trinajstić information content (AvgIpc) is 2.59. The predicted octanol–water partition coefficient (Wildman–Crippen LogP) is 2.23. The number of hydrogen-bond acceptors (Lipinski definition) is 2. The molecule has 1 heterocycles. The number of hydrogen-bond donors (Lipinski definition) is 0. The number of rotatable bonds is 0. The molecule has 0 fully saturated rings. The van der Waals surface area contributed by atoms with Crippen LogP contribution in [-0.2, 0) is 0 Å². The summed E-state index contributed by atoms with van der Waals surface area (Å²) in [6.45, 7) is 8.34. The Balaban J connectivity index is 2.77. The zero-order valence-electron chi connectivity index (χ0n) is 8.39. The van der Waals surface area contributed by atoms with E-state index in [4.69, 9.17) is 9.31 Å². The molecule has 3 heteroatoms. The molecule has 1 aromatic carbocycles. The van der Waals surface area contributed by atoms with E-state index in [0.717, 1.165) is 11.5 Å². The number of benzene rings is 1. The molecule has 1 aliphatic rings. The first-order chi connectivity index (χ1) is 6.13. The molecular formula is C10H12BO2. The molecule has 0 aromatic heterocycles. The van der Waals surface area contributed by atoms with Crippen molar-refractivity contribution in [2.24, 2.45) is 0 Å². The second kappa shape index (κ2) is 2.69. The molecule has 1 aliphatic heterocycles. The van der Waals surface area contributed by atoms with Crippen LogP contribution >= 0.6 is 0 Å². The third kappa shape index (κ3) is 1.03. The molecule has 13 heavy (non-hydrogen) atoms. The lowest BCUT2D eigenvalue weighted by molar-refractivity contribution is 0.539. The van der Waals surface area contributed by atoms with E-state index >= 15 is 0 Å². The van der Waals surface area contributed by atoms with Crippen LogP contribution in [0.1, 0.15) is 22.3 Å². The molecule has 0 atom stereocenters. The minimum absolute atomic E-state index is 0.876. The van der Waals surface area contributed by atoms with Crippen molar-refractivity contribution in [1.29, 1.82) is 0 Å². The van der Waals surface area contributed by atoms with Crippen molar-refractivity contribution >= 4 is 7.69 Å². The Labute approximate surface area is 79.2 Å². The van der Waals surface area contributed by atoms with E-state index in [2.05, 4.69) is 27.7 Å². The van der Waals surface area contributed by atoms with E-state index in [-0.39, 0.29) is 0 Å². The van der Waals surface area contributed by atoms with Crippen molar-refractivity contribution in [2.75, 3.05) is 0 Å². The Bertz CT molecular complexity index is 337. The Morgan fingerprint density at radius 3 is 1.46 bits per heavy atom. The van der Waals surface area contributed by atoms with E-state index in [0.29, 0.717) is 0 Å². The largest absolute Gasteiger partial charge is 0.658 e. The molecule has 1 radical (unpaired) electrons. The molecular weight excluding hydrogens is 163 g/mol. The van der Waals surface area contributed by atoms with Crippen molar-refractivity contribution in [2.45, 2.75) is 27.7 Å². The molecule has 0 bridgehead atoms. The standard InChI is InChI=1S/C10H12BO2/c1-5-6(2)8(4)10-9(7(5)3)12-11-13-10/h1-4H3. The second-order valence-corrected chi connectivity index (χ2v) is 3.49. The summed E-state index contributed by atoms with van der Waals surface area (Å²) >= 11 is 0. The first kappa shape index (κ1) is 8.48. The molecule has 0 N–H and O–H groups in total. The van der Waals surface area contributed by atoms with Crippen LogP contribution < -0.4 is 9.31 Å². The first-order valence-electron chi connectivity index (χ1n) is 4.38. The zero-order chi connectivity index (χ0) is 9.59. The molecule has 2 nitrogen and oxygen atoms in total. The summed E-state index contributed by atoms with van der Waals surface area (Å²) in [6.07, 6.45) is 0. The summed E-state index contributed by atoms with van der Waals surface area (Å²) in [4.78, 5) is 0.